The van der Waals surface area contributed by atoms with Gasteiger partial charge < -0.3 is 21.5 Å². The van der Waals surface area contributed by atoms with Crippen LogP contribution in [0.2, 0.25) is 0 Å². The topological polar surface area (TPSA) is 125 Å². The van der Waals surface area contributed by atoms with E-state index in [1.165, 1.54) is 0 Å². The van der Waals surface area contributed by atoms with Gasteiger partial charge in [-0.2, -0.15) is 0 Å². The number of esters is 2. The molecule has 1 fully saturated rings. The van der Waals surface area contributed by atoms with Gasteiger partial charge in [0.05, 0.1) is 0 Å². The number of nitrogens with two attached hydrogens (primary N) is 2. The molecule has 7 heteroatoms. The van der Waals surface area contributed by atoms with Gasteiger partial charge in [0.25, 0.3) is 0 Å². The minimum atomic E-state index is -0.993. The molecule has 96 valence electrons. The number of hydrogen-bond donors (Lipinski definition) is 3. The van der Waals surface area contributed by atoms with E-state index >= 15 is 0 Å². The quantitative estimate of drug-likeness (QED) is 0.394. The lowest BCUT2D eigenvalue weighted by Gasteiger charge is -2.12. The summed E-state index contributed by atoms with van der Waals surface area (Å²) in [6.07, 6.45) is 1.61. The zero-order valence-electron chi connectivity index (χ0n) is 9.48. The third-order valence-corrected chi connectivity index (χ3v) is 2.55. The van der Waals surface area contributed by atoms with E-state index in [2.05, 4.69) is 10.1 Å². The molecule has 0 unspecified atom stereocenters. The lowest BCUT2D eigenvalue weighted by atomic mass is 10.1. The molecule has 2 atom stereocenters. The number of amides is 1. The van der Waals surface area contributed by atoms with Crippen molar-refractivity contribution in [2.24, 2.45) is 11.5 Å². The van der Waals surface area contributed by atoms with Gasteiger partial charge in [-0.3, -0.25) is 4.79 Å². The molecule has 7 nitrogen and oxygen atoms in total. The van der Waals surface area contributed by atoms with Gasteiger partial charge in [-0.1, -0.05) is 0 Å². The summed E-state index contributed by atoms with van der Waals surface area (Å²) in [4.78, 5) is 33.3. The smallest absolute Gasteiger partial charge is 0.330 e. The average molecular weight is 243 g/mol. The maximum Gasteiger partial charge on any atom is 0.330 e. The molecule has 0 saturated carbocycles. The molecule has 1 heterocycles. The second-order valence-electron chi connectivity index (χ2n) is 4.00. The van der Waals surface area contributed by atoms with Crippen LogP contribution in [0.5, 0.6) is 0 Å². The highest BCUT2D eigenvalue weighted by atomic mass is 16.6. The molecule has 0 radical (unpaired) electrons. The number of rotatable bonds is 5. The summed E-state index contributed by atoms with van der Waals surface area (Å²) in [5.41, 5.74) is 10.4. The Kier molecular flexibility index (Phi) is 5.05. The van der Waals surface area contributed by atoms with Crippen molar-refractivity contribution in [1.29, 1.82) is 0 Å². The number of hydrogen-bond acceptors (Lipinski definition) is 6. The molecule has 1 aliphatic heterocycles. The summed E-state index contributed by atoms with van der Waals surface area (Å²) < 4.78 is 4.61. The lowest BCUT2D eigenvalue weighted by Crippen LogP contribution is -2.39. The van der Waals surface area contributed by atoms with E-state index in [-0.39, 0.29) is 12.8 Å². The van der Waals surface area contributed by atoms with Crippen molar-refractivity contribution in [3.8, 4) is 0 Å². The molecule has 0 aromatic heterocycles. The number of nitrogens with one attached hydrogen (secondary N) is 1. The van der Waals surface area contributed by atoms with Gasteiger partial charge in [0.1, 0.15) is 12.1 Å². The van der Waals surface area contributed by atoms with E-state index in [0.717, 1.165) is 13.0 Å². The van der Waals surface area contributed by atoms with Gasteiger partial charge in [-0.05, 0) is 25.8 Å². The highest BCUT2D eigenvalue weighted by Crippen LogP contribution is 2.07. The Hall–Kier alpha value is -1.47. The van der Waals surface area contributed by atoms with Crippen LogP contribution in [0, 0.1) is 0 Å². The summed E-state index contributed by atoms with van der Waals surface area (Å²) in [7, 11) is 0. The SMILES string of the molecule is NC(=O)CC[C@H](N)C(=O)OC(=O)[C@H]1CCCN1. The molecular weight excluding hydrogens is 226 g/mol. The molecule has 0 spiro atoms. The molecule has 0 aromatic rings. The number of primary amides is 1. The molecule has 5 N–H and O–H groups in total. The number of carbonyl (C=O) groups is 3. The fourth-order valence-corrected chi connectivity index (χ4v) is 1.55. The first-order valence-corrected chi connectivity index (χ1v) is 5.53. The zero-order chi connectivity index (χ0) is 12.8. The predicted molar refractivity (Wildman–Crippen MR) is 58.5 cm³/mol. The highest BCUT2D eigenvalue weighted by Gasteiger charge is 2.27. The van der Waals surface area contributed by atoms with E-state index in [1.54, 1.807) is 0 Å². The van der Waals surface area contributed by atoms with Crippen molar-refractivity contribution in [2.45, 2.75) is 37.8 Å². The highest BCUT2D eigenvalue weighted by molar-refractivity contribution is 5.91. The number of ether oxygens (including phenoxy) is 1. The van der Waals surface area contributed by atoms with Gasteiger partial charge in [0, 0.05) is 6.42 Å². The Labute approximate surface area is 98.8 Å². The third kappa shape index (κ3) is 4.49. The second-order valence-corrected chi connectivity index (χ2v) is 4.00. The molecule has 1 rings (SSSR count). The normalized spacial score (nSPS) is 20.9. The summed E-state index contributed by atoms with van der Waals surface area (Å²) in [5, 5.41) is 2.91. The van der Waals surface area contributed by atoms with Gasteiger partial charge in [-0.15, -0.1) is 0 Å². The molecule has 0 bridgehead atoms. The van der Waals surface area contributed by atoms with Gasteiger partial charge in [-0.25, -0.2) is 9.59 Å². The molecular formula is C10H17N3O4. The summed E-state index contributed by atoms with van der Waals surface area (Å²) in [5.74, 6) is -1.97. The first kappa shape index (κ1) is 13.6. The maximum absolute atomic E-state index is 11.4. The first-order valence-electron chi connectivity index (χ1n) is 5.53. The van der Waals surface area contributed by atoms with Crippen LogP contribution < -0.4 is 16.8 Å². The van der Waals surface area contributed by atoms with Crippen LogP contribution >= 0.6 is 0 Å². The van der Waals surface area contributed by atoms with Crippen molar-refractivity contribution in [1.82, 2.24) is 5.32 Å². The fourth-order valence-electron chi connectivity index (χ4n) is 1.55. The molecule has 0 aromatic carbocycles. The Morgan fingerprint density at radius 3 is 2.65 bits per heavy atom. The van der Waals surface area contributed by atoms with Crippen LogP contribution in [0.3, 0.4) is 0 Å². The molecule has 1 saturated heterocycles. The standard InChI is InChI=1S/C10H17N3O4/c11-6(3-4-8(12)14)9(15)17-10(16)7-2-1-5-13-7/h6-7,13H,1-5,11H2,(H2,12,14)/t6-,7+/m0/s1. The van der Waals surface area contributed by atoms with Crippen molar-refractivity contribution in [3.63, 3.8) is 0 Å². The van der Waals surface area contributed by atoms with E-state index in [1.807, 2.05) is 0 Å². The Morgan fingerprint density at radius 1 is 1.41 bits per heavy atom. The van der Waals surface area contributed by atoms with Gasteiger partial charge in [0.2, 0.25) is 5.91 Å². The Balaban J connectivity index is 2.31. The lowest BCUT2D eigenvalue weighted by molar-refractivity contribution is -0.161. The number of carbonyl (C=O) groups excluding carboxylic acids is 3. The third-order valence-electron chi connectivity index (χ3n) is 2.55. The van der Waals surface area contributed by atoms with Gasteiger partial charge >= 0.3 is 11.9 Å². The minimum Gasteiger partial charge on any atom is -0.391 e. The average Bonchev–Trinajstić information content (AvgIpc) is 2.78. The predicted octanol–water partition coefficient (Wildman–Crippen LogP) is -1.60. The Morgan fingerprint density at radius 2 is 2.12 bits per heavy atom. The fraction of sp³-hybridized carbons (Fsp3) is 0.700. The van der Waals surface area contributed by atoms with Crippen molar-refractivity contribution < 1.29 is 19.1 Å². The maximum atomic E-state index is 11.4. The zero-order valence-corrected chi connectivity index (χ0v) is 9.48. The largest absolute Gasteiger partial charge is 0.391 e. The van der Waals surface area contributed by atoms with E-state index < -0.39 is 29.9 Å². The van der Waals surface area contributed by atoms with Gasteiger partial charge in [0.15, 0.2) is 0 Å². The van der Waals surface area contributed by atoms with E-state index in [4.69, 9.17) is 11.5 Å². The monoisotopic (exact) mass is 243 g/mol. The second kappa shape index (κ2) is 6.31. The van der Waals surface area contributed by atoms with Crippen molar-refractivity contribution in [2.75, 3.05) is 6.54 Å². The van der Waals surface area contributed by atoms with Crippen LogP contribution in [0.4, 0.5) is 0 Å². The minimum absolute atomic E-state index is 0.00780. The molecule has 0 aliphatic carbocycles. The van der Waals surface area contributed by atoms with Crippen molar-refractivity contribution in [3.05, 3.63) is 0 Å². The van der Waals surface area contributed by atoms with Crippen LogP contribution in [-0.2, 0) is 19.1 Å². The Bertz CT molecular complexity index is 313. The van der Waals surface area contributed by atoms with Crippen LogP contribution in [-0.4, -0.2) is 36.5 Å². The van der Waals surface area contributed by atoms with Crippen LogP contribution in [0.25, 0.3) is 0 Å². The van der Waals surface area contributed by atoms with Crippen LogP contribution in [0.15, 0.2) is 0 Å². The van der Waals surface area contributed by atoms with E-state index in [9.17, 15) is 14.4 Å². The molecule has 17 heavy (non-hydrogen) atoms. The molecule has 1 aliphatic rings. The summed E-state index contributed by atoms with van der Waals surface area (Å²) in [6, 6.07) is -1.42. The van der Waals surface area contributed by atoms with Crippen LogP contribution in [0.1, 0.15) is 25.7 Å². The molecule has 1 amide bonds. The summed E-state index contributed by atoms with van der Waals surface area (Å²) >= 11 is 0. The van der Waals surface area contributed by atoms with Crippen molar-refractivity contribution >= 4 is 17.8 Å². The first-order chi connectivity index (χ1) is 8.00. The van der Waals surface area contributed by atoms with E-state index in [0.29, 0.717) is 6.42 Å². The summed E-state index contributed by atoms with van der Waals surface area (Å²) in [6.45, 7) is 0.738.